The van der Waals surface area contributed by atoms with Gasteiger partial charge in [-0.05, 0) is 19.1 Å². The number of hydrogen-bond acceptors (Lipinski definition) is 14. The molecule has 10 atom stereocenters. The predicted molar refractivity (Wildman–Crippen MR) is 138 cm³/mol. The maximum Gasteiger partial charge on any atom is 0.402 e. The third kappa shape index (κ3) is 5.61. The summed E-state index contributed by atoms with van der Waals surface area (Å²) in [6, 6.07) is 7.22. The molecule has 2 aliphatic heterocycles. The Labute approximate surface area is 237 Å². The summed E-state index contributed by atoms with van der Waals surface area (Å²) in [6.45, 7) is 0.925. The van der Waals surface area contributed by atoms with E-state index in [0.717, 1.165) is 12.1 Å². The number of phenols is 4. The topological polar surface area (TPSA) is 251 Å². The second kappa shape index (κ2) is 11.6. The van der Waals surface area contributed by atoms with Crippen molar-refractivity contribution < 1.29 is 74.4 Å². The van der Waals surface area contributed by atoms with Crippen LogP contribution < -0.4 is 4.74 Å². The second-order valence-electron chi connectivity index (χ2n) is 10.2. The van der Waals surface area contributed by atoms with E-state index in [9.17, 15) is 51.1 Å². The van der Waals surface area contributed by atoms with Gasteiger partial charge in [0.05, 0.1) is 24.3 Å². The van der Waals surface area contributed by atoms with Crippen molar-refractivity contribution in [3.8, 4) is 40.1 Å². The smallest absolute Gasteiger partial charge is 0.402 e. The Morgan fingerprint density at radius 1 is 0.714 bits per heavy atom. The Morgan fingerprint density at radius 3 is 2.12 bits per heavy atom. The van der Waals surface area contributed by atoms with Gasteiger partial charge < -0.3 is 70.0 Å². The molecule has 0 aliphatic carbocycles. The van der Waals surface area contributed by atoms with E-state index in [0.29, 0.717) is 0 Å². The van der Waals surface area contributed by atoms with Crippen molar-refractivity contribution in [1.82, 2.24) is 0 Å². The number of fused-ring (bicyclic) bond motifs is 1. The fraction of sp³-hybridized carbons (Fsp3) is 0.444. The summed E-state index contributed by atoms with van der Waals surface area (Å²) in [7, 11) is 0. The molecule has 0 saturated carbocycles. The van der Waals surface area contributed by atoms with E-state index in [1.165, 1.54) is 31.2 Å². The normalized spacial score (nSPS) is 33.5. The average Bonchev–Trinajstić information content (AvgIpc) is 2.95. The van der Waals surface area contributed by atoms with E-state index in [1.807, 2.05) is 0 Å². The molecule has 2 fully saturated rings. The molecule has 3 heterocycles. The van der Waals surface area contributed by atoms with Crippen molar-refractivity contribution in [2.24, 2.45) is 0 Å². The van der Waals surface area contributed by atoms with Crippen molar-refractivity contribution in [1.29, 1.82) is 0 Å². The summed E-state index contributed by atoms with van der Waals surface area (Å²) in [5, 5.41) is 102. The van der Waals surface area contributed by atoms with Gasteiger partial charge >= 0.3 is 11.3 Å². The Bertz CT molecular complexity index is 1430. The van der Waals surface area contributed by atoms with Crippen LogP contribution in [0.1, 0.15) is 6.92 Å². The SMILES string of the molecule is CC1O[C@H](OCC2O[C@H](Oc3cc4c(O)cc(O)cc4[o+]c3-c3ccc(O)c(O)c3)C(O)C(O)[C@H]2O)C(O)[C@H](O)[C@@H]1O. The first-order valence-corrected chi connectivity index (χ1v) is 12.9. The van der Waals surface area contributed by atoms with Crippen molar-refractivity contribution in [3.63, 3.8) is 0 Å². The highest BCUT2D eigenvalue weighted by molar-refractivity contribution is 5.88. The highest BCUT2D eigenvalue weighted by Crippen LogP contribution is 2.42. The Morgan fingerprint density at radius 2 is 1.40 bits per heavy atom. The van der Waals surface area contributed by atoms with E-state index in [4.69, 9.17) is 23.4 Å². The van der Waals surface area contributed by atoms with Gasteiger partial charge in [-0.1, -0.05) is 0 Å². The van der Waals surface area contributed by atoms with Crippen LogP contribution in [0.5, 0.6) is 28.7 Å². The summed E-state index contributed by atoms with van der Waals surface area (Å²) in [5.74, 6) is -1.92. The first kappa shape index (κ1) is 30.0. The van der Waals surface area contributed by atoms with E-state index in [-0.39, 0.29) is 33.8 Å². The zero-order valence-electron chi connectivity index (χ0n) is 22.0. The monoisotopic (exact) mass is 595 g/mol. The second-order valence-corrected chi connectivity index (χ2v) is 10.2. The zero-order valence-corrected chi connectivity index (χ0v) is 22.0. The fourth-order valence-corrected chi connectivity index (χ4v) is 4.76. The van der Waals surface area contributed by atoms with Crippen LogP contribution in [-0.4, -0.2) is 119 Å². The fourth-order valence-electron chi connectivity index (χ4n) is 4.76. The molecule has 0 bridgehead atoms. The van der Waals surface area contributed by atoms with Crippen molar-refractivity contribution in [3.05, 3.63) is 36.4 Å². The van der Waals surface area contributed by atoms with Gasteiger partial charge in [0.15, 0.2) is 17.8 Å². The lowest BCUT2D eigenvalue weighted by atomic mass is 9.98. The van der Waals surface area contributed by atoms with Gasteiger partial charge in [-0.3, -0.25) is 0 Å². The average molecular weight is 596 g/mol. The summed E-state index contributed by atoms with van der Waals surface area (Å²) < 4.78 is 28.3. The molecule has 3 aromatic rings. The molecule has 42 heavy (non-hydrogen) atoms. The van der Waals surface area contributed by atoms with Gasteiger partial charge in [0, 0.05) is 18.2 Å². The summed E-state index contributed by atoms with van der Waals surface area (Å²) in [5.41, 5.74) is 0.163. The number of hydrogen-bond donors (Lipinski definition) is 10. The quantitative estimate of drug-likeness (QED) is 0.124. The van der Waals surface area contributed by atoms with Crippen molar-refractivity contribution in [2.45, 2.75) is 68.3 Å². The minimum absolute atomic E-state index is 0.00170. The predicted octanol–water partition coefficient (Wildman–Crippen LogP) is -0.766. The van der Waals surface area contributed by atoms with Gasteiger partial charge in [0.1, 0.15) is 59.6 Å². The molecular formula is C27H31O15+. The molecule has 5 rings (SSSR count). The third-order valence-electron chi connectivity index (χ3n) is 7.20. The van der Waals surface area contributed by atoms with E-state index < -0.39 is 85.3 Å². The first-order chi connectivity index (χ1) is 19.8. The molecule has 1 aromatic heterocycles. The van der Waals surface area contributed by atoms with Gasteiger partial charge in [-0.15, -0.1) is 0 Å². The molecule has 15 nitrogen and oxygen atoms in total. The minimum Gasteiger partial charge on any atom is -0.507 e. The highest BCUT2D eigenvalue weighted by Gasteiger charge is 2.48. The summed E-state index contributed by atoms with van der Waals surface area (Å²) in [6.07, 6.45) is -15.3. The van der Waals surface area contributed by atoms with Crippen LogP contribution in [0.4, 0.5) is 0 Å². The van der Waals surface area contributed by atoms with E-state index in [2.05, 4.69) is 0 Å². The van der Waals surface area contributed by atoms with Crippen molar-refractivity contribution in [2.75, 3.05) is 6.61 Å². The number of rotatable bonds is 6. The van der Waals surface area contributed by atoms with E-state index in [1.54, 1.807) is 0 Å². The Balaban J connectivity index is 1.44. The van der Waals surface area contributed by atoms with Crippen LogP contribution in [0.3, 0.4) is 0 Å². The summed E-state index contributed by atoms with van der Waals surface area (Å²) >= 11 is 0. The molecule has 228 valence electrons. The lowest BCUT2D eigenvalue weighted by molar-refractivity contribution is -0.318. The molecular weight excluding hydrogens is 564 g/mol. The van der Waals surface area contributed by atoms with Crippen LogP contribution in [0.15, 0.2) is 40.8 Å². The van der Waals surface area contributed by atoms with Crippen LogP contribution in [0.2, 0.25) is 0 Å². The molecule has 2 saturated heterocycles. The first-order valence-electron chi connectivity index (χ1n) is 12.9. The Kier molecular flexibility index (Phi) is 8.30. The van der Waals surface area contributed by atoms with Crippen LogP contribution in [-0.2, 0) is 14.2 Å². The van der Waals surface area contributed by atoms with Gasteiger partial charge in [-0.2, -0.15) is 0 Å². The van der Waals surface area contributed by atoms with Gasteiger partial charge in [0.2, 0.25) is 12.0 Å². The maximum absolute atomic E-state index is 10.7. The van der Waals surface area contributed by atoms with Gasteiger partial charge in [-0.25, -0.2) is 4.42 Å². The number of benzene rings is 2. The van der Waals surface area contributed by atoms with Crippen LogP contribution in [0, 0.1) is 0 Å². The highest BCUT2D eigenvalue weighted by atomic mass is 16.7. The summed E-state index contributed by atoms with van der Waals surface area (Å²) in [4.78, 5) is 0. The maximum atomic E-state index is 10.7. The van der Waals surface area contributed by atoms with E-state index >= 15 is 0 Å². The minimum atomic E-state index is -1.82. The molecule has 0 amide bonds. The number of aromatic hydroxyl groups is 4. The molecule has 5 unspecified atom stereocenters. The molecule has 15 heteroatoms. The van der Waals surface area contributed by atoms with Crippen molar-refractivity contribution >= 4 is 11.0 Å². The largest absolute Gasteiger partial charge is 0.507 e. The molecule has 10 N–H and O–H groups in total. The number of aliphatic hydroxyl groups excluding tert-OH is 6. The lowest BCUT2D eigenvalue weighted by Crippen LogP contribution is -2.61. The van der Waals surface area contributed by atoms with Crippen LogP contribution in [0.25, 0.3) is 22.3 Å². The Hall–Kier alpha value is -3.51. The lowest BCUT2D eigenvalue weighted by Gasteiger charge is -2.42. The van der Waals surface area contributed by atoms with Crippen LogP contribution >= 0.6 is 0 Å². The number of ether oxygens (including phenoxy) is 4. The standard InChI is InChI=1S/C27H30O15/c1-9-19(32)21(34)23(36)26(39-9)38-8-18-20(33)22(35)24(37)27(42-18)41-17-7-12-14(30)5-11(28)6-16(12)40-25(17)10-2-3-13(29)15(31)4-10/h2-7,9,18-24,26-27,32-37H,8H2,1H3,(H3-,28,29,30,31)/p+1/t9?,18?,19-,20+,21-,22?,23?,24?,26+,27+/m1/s1. The molecule has 0 spiro atoms. The number of aliphatic hydroxyl groups is 6. The molecule has 2 aliphatic rings. The molecule has 2 aromatic carbocycles. The molecule has 0 radical (unpaired) electrons. The number of phenolic OH excluding ortho intramolecular Hbond substituents is 4. The van der Waals surface area contributed by atoms with Gasteiger partial charge in [0.25, 0.3) is 0 Å². The third-order valence-corrected chi connectivity index (χ3v) is 7.20. The zero-order chi connectivity index (χ0) is 30.5.